The van der Waals surface area contributed by atoms with Crippen molar-refractivity contribution < 1.29 is 38.3 Å². The van der Waals surface area contributed by atoms with E-state index in [4.69, 9.17) is 14.2 Å². The molecule has 0 spiro atoms. The zero-order chi connectivity index (χ0) is 25.5. The first-order valence-electron chi connectivity index (χ1n) is 10.2. The molecule has 35 heavy (non-hydrogen) atoms. The number of hydrogen-bond donors (Lipinski definition) is 0. The Balaban J connectivity index is 1.74. The van der Waals surface area contributed by atoms with Gasteiger partial charge in [-0.15, -0.1) is 0 Å². The summed E-state index contributed by atoms with van der Waals surface area (Å²) in [5.74, 6) is -1.16. The molecular weight excluding hydrogens is 480 g/mol. The van der Waals surface area contributed by atoms with Gasteiger partial charge in [0.15, 0.2) is 23.9 Å². The van der Waals surface area contributed by atoms with Crippen molar-refractivity contribution in [2.24, 2.45) is 0 Å². The van der Waals surface area contributed by atoms with E-state index in [0.29, 0.717) is 23.1 Å². The monoisotopic (exact) mass is 500 g/mol. The van der Waals surface area contributed by atoms with E-state index in [1.54, 1.807) is 19.1 Å². The molecule has 0 saturated carbocycles. The highest BCUT2D eigenvalue weighted by Crippen LogP contribution is 2.34. The van der Waals surface area contributed by atoms with Gasteiger partial charge in [-0.1, -0.05) is 6.07 Å². The number of benzene rings is 2. The zero-order valence-electron chi connectivity index (χ0n) is 18.7. The van der Waals surface area contributed by atoms with Crippen LogP contribution in [-0.4, -0.2) is 59.6 Å². The number of methoxy groups -OCH3 is 1. The van der Waals surface area contributed by atoms with Crippen LogP contribution >= 0.6 is 11.8 Å². The van der Waals surface area contributed by atoms with Crippen LogP contribution < -0.4 is 9.47 Å². The van der Waals surface area contributed by atoms with Crippen LogP contribution in [0, 0.1) is 10.1 Å². The molecule has 1 aliphatic heterocycles. The lowest BCUT2D eigenvalue weighted by molar-refractivity contribution is -0.384. The Morgan fingerprint density at radius 3 is 2.46 bits per heavy atom. The maximum absolute atomic E-state index is 12.8. The minimum atomic E-state index is -0.653. The maximum Gasteiger partial charge on any atom is 0.344 e. The van der Waals surface area contributed by atoms with E-state index in [1.807, 2.05) is 0 Å². The summed E-state index contributed by atoms with van der Waals surface area (Å²) in [7, 11) is 1.43. The third-order valence-corrected chi connectivity index (χ3v) is 5.62. The molecule has 1 saturated heterocycles. The number of ketones is 1. The molecule has 0 bridgehead atoms. The van der Waals surface area contributed by atoms with Crippen molar-refractivity contribution >= 4 is 46.4 Å². The van der Waals surface area contributed by atoms with Crippen LogP contribution in [0.5, 0.6) is 11.5 Å². The molecule has 12 heteroatoms. The minimum absolute atomic E-state index is 0.0907. The lowest BCUT2D eigenvalue weighted by atomic mass is 10.1. The van der Waals surface area contributed by atoms with Crippen molar-refractivity contribution in [2.45, 2.75) is 6.92 Å². The summed E-state index contributed by atoms with van der Waals surface area (Å²) in [6, 6.07) is 9.63. The molecule has 2 aromatic carbocycles. The van der Waals surface area contributed by atoms with E-state index in [2.05, 4.69) is 0 Å². The van der Waals surface area contributed by atoms with Gasteiger partial charge in [0, 0.05) is 17.7 Å². The fraction of sp³-hybridized carbons (Fsp3) is 0.217. The van der Waals surface area contributed by atoms with Gasteiger partial charge in [0.05, 0.1) is 30.1 Å². The Kier molecular flexibility index (Phi) is 8.21. The van der Waals surface area contributed by atoms with Crippen LogP contribution in [0.15, 0.2) is 47.4 Å². The third kappa shape index (κ3) is 6.23. The van der Waals surface area contributed by atoms with Crippen molar-refractivity contribution in [1.82, 2.24) is 4.90 Å². The Morgan fingerprint density at radius 2 is 1.83 bits per heavy atom. The average molecular weight is 500 g/mol. The molecule has 0 unspecified atom stereocenters. The predicted octanol–water partition coefficient (Wildman–Crippen LogP) is 3.46. The molecule has 0 atom stereocenters. The van der Waals surface area contributed by atoms with E-state index in [-0.39, 0.29) is 35.1 Å². The molecule has 11 nitrogen and oxygen atoms in total. The Hall–Kier alpha value is -4.19. The van der Waals surface area contributed by atoms with Crippen molar-refractivity contribution in [3.05, 3.63) is 68.6 Å². The van der Waals surface area contributed by atoms with Crippen LogP contribution in [0.25, 0.3) is 6.08 Å². The van der Waals surface area contributed by atoms with Crippen LogP contribution in [-0.2, 0) is 14.3 Å². The number of Topliss-reactive ketones (excluding diaryl/α,β-unsaturated/α-hetero) is 1. The molecule has 0 aliphatic carbocycles. The average Bonchev–Trinajstić information content (AvgIpc) is 3.10. The number of carbonyl (C=O) groups excluding carboxylic acids is 4. The van der Waals surface area contributed by atoms with Gasteiger partial charge in [0.2, 0.25) is 0 Å². The number of thioether (sulfide) groups is 1. The summed E-state index contributed by atoms with van der Waals surface area (Å²) in [6.45, 7) is 1.04. The number of non-ortho nitro benzene ring substituents is 1. The van der Waals surface area contributed by atoms with Gasteiger partial charge in [-0.2, -0.15) is 0 Å². The predicted molar refractivity (Wildman–Crippen MR) is 125 cm³/mol. The third-order valence-electron chi connectivity index (χ3n) is 4.71. The highest BCUT2D eigenvalue weighted by Gasteiger charge is 2.36. The number of nitro benzene ring substituents is 1. The Bertz CT molecular complexity index is 1210. The molecule has 1 aliphatic rings. The molecule has 1 fully saturated rings. The number of imide groups is 1. The summed E-state index contributed by atoms with van der Waals surface area (Å²) in [5, 5.41) is 10.1. The first-order chi connectivity index (χ1) is 16.7. The molecule has 2 aromatic rings. The summed E-state index contributed by atoms with van der Waals surface area (Å²) >= 11 is 0.672. The smallest absolute Gasteiger partial charge is 0.344 e. The van der Waals surface area contributed by atoms with Crippen molar-refractivity contribution in [3.8, 4) is 11.5 Å². The highest BCUT2D eigenvalue weighted by molar-refractivity contribution is 8.18. The van der Waals surface area contributed by atoms with Crippen molar-refractivity contribution in [1.29, 1.82) is 0 Å². The molecular formula is C23H20N2O9S. The number of amides is 2. The second-order valence-electron chi connectivity index (χ2n) is 7.00. The van der Waals surface area contributed by atoms with Gasteiger partial charge < -0.3 is 14.2 Å². The normalized spacial score (nSPS) is 14.2. The first kappa shape index (κ1) is 25.4. The van der Waals surface area contributed by atoms with E-state index in [1.165, 1.54) is 43.5 Å². The number of nitrogens with zero attached hydrogens (tertiary/aromatic N) is 2. The van der Waals surface area contributed by atoms with Crippen molar-refractivity contribution in [2.75, 3.05) is 26.9 Å². The number of nitro groups is 1. The fourth-order valence-corrected chi connectivity index (χ4v) is 3.87. The Labute approximate surface area is 203 Å². The van der Waals surface area contributed by atoms with Gasteiger partial charge >= 0.3 is 5.97 Å². The van der Waals surface area contributed by atoms with E-state index in [0.717, 1.165) is 4.90 Å². The minimum Gasteiger partial charge on any atom is -0.493 e. The molecule has 0 N–H and O–H groups in total. The quantitative estimate of drug-likeness (QED) is 0.156. The summed E-state index contributed by atoms with van der Waals surface area (Å²) in [5.41, 5.74) is 0.453. The first-order valence-corrected chi connectivity index (χ1v) is 11.0. The summed E-state index contributed by atoms with van der Waals surface area (Å²) in [6.07, 6.45) is 1.46. The topological polar surface area (TPSA) is 142 Å². The summed E-state index contributed by atoms with van der Waals surface area (Å²) in [4.78, 5) is 60.3. The number of hydrogen-bond acceptors (Lipinski definition) is 10. The highest BCUT2D eigenvalue weighted by atomic mass is 32.2. The number of ether oxygens (including phenoxy) is 3. The van der Waals surface area contributed by atoms with Crippen LogP contribution in [0.2, 0.25) is 0 Å². The van der Waals surface area contributed by atoms with Gasteiger partial charge in [0.1, 0.15) is 0 Å². The standard InChI is InChI=1S/C23H20N2O9S/c1-3-33-21(27)13-34-19-10-14(4-9-18(19)32-2)11-20-22(28)24(23(29)35-20)12-17(26)15-5-7-16(8-6-15)25(30)31/h4-11H,3,12-13H2,1-2H3/b20-11-. The van der Waals surface area contributed by atoms with Crippen LogP contribution in [0.1, 0.15) is 22.8 Å². The molecule has 0 aromatic heterocycles. The van der Waals surface area contributed by atoms with Gasteiger partial charge in [0.25, 0.3) is 16.8 Å². The Morgan fingerprint density at radius 1 is 1.11 bits per heavy atom. The summed E-state index contributed by atoms with van der Waals surface area (Å²) < 4.78 is 15.5. The molecule has 182 valence electrons. The molecule has 1 heterocycles. The van der Waals surface area contributed by atoms with Crippen molar-refractivity contribution in [3.63, 3.8) is 0 Å². The largest absolute Gasteiger partial charge is 0.493 e. The number of rotatable bonds is 10. The van der Waals surface area contributed by atoms with Crippen LogP contribution in [0.3, 0.4) is 0 Å². The second kappa shape index (κ2) is 11.3. The lowest BCUT2D eigenvalue weighted by Gasteiger charge is -2.12. The van der Waals surface area contributed by atoms with Gasteiger partial charge in [-0.3, -0.25) is 29.4 Å². The maximum atomic E-state index is 12.8. The number of esters is 1. The molecule has 3 rings (SSSR count). The van der Waals surface area contributed by atoms with Gasteiger partial charge in [-0.25, -0.2) is 4.79 Å². The van der Waals surface area contributed by atoms with E-state index in [9.17, 15) is 29.3 Å². The van der Waals surface area contributed by atoms with Crippen LogP contribution in [0.4, 0.5) is 10.5 Å². The second-order valence-corrected chi connectivity index (χ2v) is 7.99. The number of carbonyl (C=O) groups is 4. The van der Waals surface area contributed by atoms with Gasteiger partial charge in [-0.05, 0) is 54.6 Å². The van der Waals surface area contributed by atoms with E-state index >= 15 is 0 Å². The molecule has 2 amide bonds. The fourth-order valence-electron chi connectivity index (χ4n) is 3.03. The SMILES string of the molecule is CCOC(=O)COc1cc(/C=C2\SC(=O)N(CC(=O)c3ccc([N+](=O)[O-])cc3)C2=O)ccc1OC. The zero-order valence-corrected chi connectivity index (χ0v) is 19.5. The lowest BCUT2D eigenvalue weighted by Crippen LogP contribution is -2.33. The van der Waals surface area contributed by atoms with E-state index < -0.39 is 34.4 Å². The molecule has 0 radical (unpaired) electrons.